The van der Waals surface area contributed by atoms with Crippen LogP contribution in [0.3, 0.4) is 0 Å². The van der Waals surface area contributed by atoms with Crippen molar-refractivity contribution in [2.75, 3.05) is 6.54 Å². The normalized spacial score (nSPS) is 17.8. The quantitative estimate of drug-likeness (QED) is 0.878. The van der Waals surface area contributed by atoms with Crippen LogP contribution in [-0.2, 0) is 17.8 Å². The third kappa shape index (κ3) is 4.45. The molecule has 0 bridgehead atoms. The van der Waals surface area contributed by atoms with Gasteiger partial charge in [-0.25, -0.2) is 0 Å². The van der Waals surface area contributed by atoms with Gasteiger partial charge in [-0.15, -0.1) is 0 Å². The zero-order chi connectivity index (χ0) is 17.8. The van der Waals surface area contributed by atoms with Crippen LogP contribution < -0.4 is 5.73 Å². The molecule has 1 aliphatic rings. The maximum atomic E-state index is 11.1. The number of nitrogens with zero attached hydrogens (tertiary/aromatic N) is 2. The molecule has 1 saturated heterocycles. The zero-order valence-corrected chi connectivity index (χ0v) is 15.2. The summed E-state index contributed by atoms with van der Waals surface area (Å²) in [5, 5.41) is 0. The molecule has 0 aliphatic carbocycles. The Morgan fingerprint density at radius 2 is 2.08 bits per heavy atom. The fourth-order valence-corrected chi connectivity index (χ4v) is 3.71. The standard InChI is InChI=1S/C21H27N3O/c1-15-6-3-4-7-18(15)14-24-11-5-8-20(24)19-13-17(9-10-21(22)25)12-16(2)23-19/h3-4,6-7,12-13,20H,5,8-11,14H2,1-2H3,(H2,22,25). The number of aryl methyl sites for hydroxylation is 3. The van der Waals surface area contributed by atoms with E-state index < -0.39 is 0 Å². The molecule has 4 heteroatoms. The molecule has 1 unspecified atom stereocenters. The second kappa shape index (κ2) is 7.79. The molecule has 0 radical (unpaired) electrons. The van der Waals surface area contributed by atoms with Crippen LogP contribution in [0.1, 0.15) is 53.4 Å². The summed E-state index contributed by atoms with van der Waals surface area (Å²) >= 11 is 0. The number of aromatic nitrogens is 1. The fraction of sp³-hybridized carbons (Fsp3) is 0.429. The average molecular weight is 337 g/mol. The van der Waals surface area contributed by atoms with Crippen LogP contribution in [-0.4, -0.2) is 22.3 Å². The summed E-state index contributed by atoms with van der Waals surface area (Å²) in [4.78, 5) is 18.4. The number of pyridine rings is 1. The Labute approximate surface area is 150 Å². The number of carbonyl (C=O) groups excluding carboxylic acids is 1. The number of primary amides is 1. The van der Waals surface area contributed by atoms with Gasteiger partial charge in [0, 0.05) is 18.7 Å². The maximum Gasteiger partial charge on any atom is 0.217 e. The number of hydrogen-bond donors (Lipinski definition) is 1. The largest absolute Gasteiger partial charge is 0.370 e. The molecule has 0 spiro atoms. The van der Waals surface area contributed by atoms with E-state index in [4.69, 9.17) is 10.7 Å². The number of hydrogen-bond acceptors (Lipinski definition) is 3. The Kier molecular flexibility index (Phi) is 5.49. The van der Waals surface area contributed by atoms with Crippen molar-refractivity contribution in [3.63, 3.8) is 0 Å². The van der Waals surface area contributed by atoms with Crippen LogP contribution in [0.15, 0.2) is 36.4 Å². The van der Waals surface area contributed by atoms with Crippen LogP contribution in [0, 0.1) is 13.8 Å². The first-order valence-electron chi connectivity index (χ1n) is 9.07. The summed E-state index contributed by atoms with van der Waals surface area (Å²) < 4.78 is 0. The summed E-state index contributed by atoms with van der Waals surface area (Å²) in [6.07, 6.45) is 3.41. The zero-order valence-electron chi connectivity index (χ0n) is 15.2. The van der Waals surface area contributed by atoms with Crippen molar-refractivity contribution in [1.29, 1.82) is 0 Å². The van der Waals surface area contributed by atoms with Crippen molar-refractivity contribution in [2.45, 2.75) is 52.1 Å². The molecule has 2 heterocycles. The highest BCUT2D eigenvalue weighted by Crippen LogP contribution is 2.33. The van der Waals surface area contributed by atoms with E-state index in [0.29, 0.717) is 18.9 Å². The highest BCUT2D eigenvalue weighted by Gasteiger charge is 2.27. The molecule has 1 amide bonds. The van der Waals surface area contributed by atoms with Crippen molar-refractivity contribution >= 4 is 5.91 Å². The molecule has 3 rings (SSSR count). The summed E-state index contributed by atoms with van der Waals surface area (Å²) in [5.74, 6) is -0.252. The molecular weight excluding hydrogens is 310 g/mol. The lowest BCUT2D eigenvalue weighted by Gasteiger charge is -2.25. The van der Waals surface area contributed by atoms with Gasteiger partial charge in [0.05, 0.1) is 11.7 Å². The molecular formula is C21H27N3O. The summed E-state index contributed by atoms with van der Waals surface area (Å²) in [7, 11) is 0. The summed E-state index contributed by atoms with van der Waals surface area (Å²) in [6.45, 7) is 6.26. The second-order valence-corrected chi connectivity index (χ2v) is 7.06. The van der Waals surface area contributed by atoms with Gasteiger partial charge in [-0.05, 0) is 68.5 Å². The first kappa shape index (κ1) is 17.6. The molecule has 2 N–H and O–H groups in total. The molecule has 2 aromatic rings. The molecule has 4 nitrogen and oxygen atoms in total. The van der Waals surface area contributed by atoms with Gasteiger partial charge in [0.25, 0.3) is 0 Å². The maximum absolute atomic E-state index is 11.1. The summed E-state index contributed by atoms with van der Waals surface area (Å²) in [5.41, 5.74) is 11.3. The lowest BCUT2D eigenvalue weighted by molar-refractivity contribution is -0.117. The third-order valence-corrected chi connectivity index (χ3v) is 5.03. The predicted molar refractivity (Wildman–Crippen MR) is 100 cm³/mol. The van der Waals surface area contributed by atoms with E-state index in [1.165, 1.54) is 17.5 Å². The minimum absolute atomic E-state index is 0.252. The number of rotatable bonds is 6. The average Bonchev–Trinajstić information content (AvgIpc) is 3.03. The lowest BCUT2D eigenvalue weighted by Crippen LogP contribution is -2.24. The highest BCUT2D eigenvalue weighted by molar-refractivity contribution is 5.74. The van der Waals surface area contributed by atoms with Crippen LogP contribution in [0.5, 0.6) is 0 Å². The molecule has 132 valence electrons. The Morgan fingerprint density at radius 1 is 1.28 bits per heavy atom. The van der Waals surface area contributed by atoms with Crippen LogP contribution in [0.4, 0.5) is 0 Å². The fourth-order valence-electron chi connectivity index (χ4n) is 3.71. The van der Waals surface area contributed by atoms with Gasteiger partial charge in [-0.1, -0.05) is 24.3 Å². The van der Waals surface area contributed by atoms with Gasteiger partial charge in [-0.2, -0.15) is 0 Å². The third-order valence-electron chi connectivity index (χ3n) is 5.03. The summed E-state index contributed by atoms with van der Waals surface area (Å²) in [6, 6.07) is 13.2. The molecule has 1 aromatic carbocycles. The van der Waals surface area contributed by atoms with Crippen LogP contribution >= 0.6 is 0 Å². The van der Waals surface area contributed by atoms with Gasteiger partial charge >= 0.3 is 0 Å². The van der Waals surface area contributed by atoms with Gasteiger partial charge in [0.15, 0.2) is 0 Å². The first-order chi connectivity index (χ1) is 12.0. The van der Waals surface area contributed by atoms with Crippen molar-refractivity contribution in [3.05, 3.63) is 64.5 Å². The van der Waals surface area contributed by atoms with E-state index in [-0.39, 0.29) is 5.91 Å². The van der Waals surface area contributed by atoms with E-state index in [1.807, 2.05) is 6.92 Å². The van der Waals surface area contributed by atoms with Gasteiger partial charge in [0.2, 0.25) is 5.91 Å². The van der Waals surface area contributed by atoms with Crippen LogP contribution in [0.2, 0.25) is 0 Å². The molecule has 25 heavy (non-hydrogen) atoms. The molecule has 1 fully saturated rings. The molecule has 1 aliphatic heterocycles. The minimum Gasteiger partial charge on any atom is -0.370 e. The van der Waals surface area contributed by atoms with E-state index in [1.54, 1.807) is 0 Å². The van der Waals surface area contributed by atoms with Crippen molar-refractivity contribution in [1.82, 2.24) is 9.88 Å². The van der Waals surface area contributed by atoms with Crippen molar-refractivity contribution < 1.29 is 4.79 Å². The van der Waals surface area contributed by atoms with Gasteiger partial charge < -0.3 is 5.73 Å². The lowest BCUT2D eigenvalue weighted by atomic mass is 10.0. The number of carbonyl (C=O) groups is 1. The SMILES string of the molecule is Cc1cc(CCC(N)=O)cc(C2CCCN2Cc2ccccc2C)n1. The smallest absolute Gasteiger partial charge is 0.217 e. The van der Waals surface area contributed by atoms with E-state index in [2.05, 4.69) is 48.2 Å². The topological polar surface area (TPSA) is 59.2 Å². The van der Waals surface area contributed by atoms with Crippen molar-refractivity contribution in [2.24, 2.45) is 5.73 Å². The van der Waals surface area contributed by atoms with Gasteiger partial charge in [0.1, 0.15) is 0 Å². The highest BCUT2D eigenvalue weighted by atomic mass is 16.1. The minimum atomic E-state index is -0.252. The monoisotopic (exact) mass is 337 g/mol. The molecule has 0 saturated carbocycles. The Hall–Kier alpha value is -2.20. The number of nitrogens with two attached hydrogens (primary N) is 1. The number of benzene rings is 1. The Morgan fingerprint density at radius 3 is 2.84 bits per heavy atom. The predicted octanol–water partition coefficient (Wildman–Crippen LogP) is 3.45. The van der Waals surface area contributed by atoms with E-state index in [0.717, 1.165) is 36.5 Å². The molecule has 1 atom stereocenters. The van der Waals surface area contributed by atoms with E-state index in [9.17, 15) is 4.79 Å². The number of likely N-dealkylation sites (tertiary alicyclic amines) is 1. The second-order valence-electron chi connectivity index (χ2n) is 7.06. The van der Waals surface area contributed by atoms with E-state index >= 15 is 0 Å². The Bertz CT molecular complexity index is 757. The van der Waals surface area contributed by atoms with Gasteiger partial charge in [-0.3, -0.25) is 14.7 Å². The van der Waals surface area contributed by atoms with Crippen molar-refractivity contribution in [3.8, 4) is 0 Å². The molecule has 1 aromatic heterocycles. The number of amides is 1. The first-order valence-corrected chi connectivity index (χ1v) is 9.07. The Balaban J connectivity index is 1.79. The van der Waals surface area contributed by atoms with Crippen LogP contribution in [0.25, 0.3) is 0 Å².